The van der Waals surface area contributed by atoms with Gasteiger partial charge < -0.3 is 9.80 Å². The summed E-state index contributed by atoms with van der Waals surface area (Å²) in [6.07, 6.45) is 3.09. The fourth-order valence-corrected chi connectivity index (χ4v) is 2.64. The van der Waals surface area contributed by atoms with E-state index >= 15 is 0 Å². The van der Waals surface area contributed by atoms with Crippen LogP contribution in [-0.4, -0.2) is 40.4 Å². The normalized spacial score (nSPS) is 15.3. The Morgan fingerprint density at radius 2 is 1.86 bits per heavy atom. The second kappa shape index (κ2) is 6.50. The van der Waals surface area contributed by atoms with Crippen LogP contribution in [0.3, 0.4) is 0 Å². The molecular weight excluding hydrogens is 323 g/mol. The van der Waals surface area contributed by atoms with Crippen molar-refractivity contribution in [1.29, 1.82) is 0 Å². The van der Waals surface area contributed by atoms with Gasteiger partial charge in [0.25, 0.3) is 0 Å². The first-order valence-corrected chi connectivity index (χ1v) is 7.62. The zero-order valence-corrected chi connectivity index (χ0v) is 13.3. The lowest BCUT2D eigenvalue weighted by molar-refractivity contribution is -0.131. The van der Waals surface area contributed by atoms with Gasteiger partial charge in [-0.15, -0.1) is 0 Å². The van der Waals surface area contributed by atoms with E-state index < -0.39 is 0 Å². The molecule has 0 aliphatic carbocycles. The third kappa shape index (κ3) is 3.48. The molecule has 0 N–H and O–H groups in total. The topological polar surface area (TPSA) is 49.3 Å². The number of halogens is 2. The number of piperazine rings is 1. The highest BCUT2D eigenvalue weighted by molar-refractivity contribution is 6.30. The lowest BCUT2D eigenvalue weighted by atomic mass is 10.2. The number of amides is 1. The number of carbonyl (C=O) groups is 1. The molecule has 114 valence electrons. The molecule has 1 amide bonds. The first-order valence-electron chi connectivity index (χ1n) is 6.86. The van der Waals surface area contributed by atoms with Crippen LogP contribution in [-0.2, 0) is 11.3 Å². The second-order valence-corrected chi connectivity index (χ2v) is 5.89. The Kier molecular flexibility index (Phi) is 4.45. The van der Waals surface area contributed by atoms with Crippen LogP contribution < -0.4 is 4.90 Å². The SMILES string of the molecule is O=C1CN(c2cncc(Cl)n2)CCN1Cc1ccc(Cl)cc1. The zero-order chi connectivity index (χ0) is 15.5. The maximum absolute atomic E-state index is 12.3. The Morgan fingerprint density at radius 1 is 1.09 bits per heavy atom. The minimum Gasteiger partial charge on any atom is -0.344 e. The molecule has 22 heavy (non-hydrogen) atoms. The standard InChI is InChI=1S/C15H14Cl2N4O/c16-12-3-1-11(2-4-12)9-21-6-5-20(10-15(21)22)14-8-18-7-13(17)19-14/h1-4,7-8H,5-6,9-10H2. The lowest BCUT2D eigenvalue weighted by Gasteiger charge is -2.34. The number of hydrogen-bond donors (Lipinski definition) is 0. The fourth-order valence-electron chi connectivity index (χ4n) is 2.37. The monoisotopic (exact) mass is 336 g/mol. The Labute approximate surface area is 138 Å². The van der Waals surface area contributed by atoms with Crippen LogP contribution >= 0.6 is 23.2 Å². The van der Waals surface area contributed by atoms with E-state index in [-0.39, 0.29) is 12.5 Å². The quantitative estimate of drug-likeness (QED) is 0.864. The minimum absolute atomic E-state index is 0.0583. The van der Waals surface area contributed by atoms with Gasteiger partial charge in [0.2, 0.25) is 5.91 Å². The molecule has 1 aromatic heterocycles. The smallest absolute Gasteiger partial charge is 0.242 e. The van der Waals surface area contributed by atoms with E-state index in [4.69, 9.17) is 23.2 Å². The Hall–Kier alpha value is -1.85. The minimum atomic E-state index is 0.0583. The van der Waals surface area contributed by atoms with Gasteiger partial charge in [0.05, 0.1) is 18.9 Å². The molecule has 0 bridgehead atoms. The number of hydrogen-bond acceptors (Lipinski definition) is 4. The van der Waals surface area contributed by atoms with Gasteiger partial charge in [0.1, 0.15) is 11.0 Å². The summed E-state index contributed by atoms with van der Waals surface area (Å²) in [6.45, 7) is 2.21. The summed E-state index contributed by atoms with van der Waals surface area (Å²) >= 11 is 11.7. The van der Waals surface area contributed by atoms with Crippen molar-refractivity contribution in [2.75, 3.05) is 24.5 Å². The van der Waals surface area contributed by atoms with Gasteiger partial charge in [-0.25, -0.2) is 4.98 Å². The molecule has 2 aromatic rings. The van der Waals surface area contributed by atoms with Gasteiger partial charge >= 0.3 is 0 Å². The maximum Gasteiger partial charge on any atom is 0.242 e. The van der Waals surface area contributed by atoms with Crippen molar-refractivity contribution < 1.29 is 4.79 Å². The molecule has 0 spiro atoms. The Morgan fingerprint density at radius 3 is 2.55 bits per heavy atom. The highest BCUT2D eigenvalue weighted by Gasteiger charge is 2.25. The third-order valence-electron chi connectivity index (χ3n) is 3.52. The van der Waals surface area contributed by atoms with Crippen LogP contribution in [0.25, 0.3) is 0 Å². The molecule has 1 fully saturated rings. The predicted molar refractivity (Wildman–Crippen MR) is 86.1 cm³/mol. The molecule has 1 aliphatic rings. The van der Waals surface area contributed by atoms with Crippen molar-refractivity contribution in [2.45, 2.75) is 6.54 Å². The van der Waals surface area contributed by atoms with Gasteiger partial charge in [-0.2, -0.15) is 0 Å². The second-order valence-electron chi connectivity index (χ2n) is 5.06. The molecule has 1 aliphatic heterocycles. The Balaban J connectivity index is 1.65. The molecule has 2 heterocycles. The summed E-state index contributed by atoms with van der Waals surface area (Å²) in [5.41, 5.74) is 1.06. The summed E-state index contributed by atoms with van der Waals surface area (Å²) in [5, 5.41) is 1.02. The van der Waals surface area contributed by atoms with E-state index in [2.05, 4.69) is 9.97 Å². The van der Waals surface area contributed by atoms with Crippen molar-refractivity contribution in [1.82, 2.24) is 14.9 Å². The van der Waals surface area contributed by atoms with Gasteiger partial charge in [-0.3, -0.25) is 9.78 Å². The first kappa shape index (κ1) is 15.1. The first-order chi connectivity index (χ1) is 10.6. The van der Waals surface area contributed by atoms with Gasteiger partial charge in [-0.05, 0) is 17.7 Å². The molecule has 0 atom stereocenters. The van der Waals surface area contributed by atoms with Crippen molar-refractivity contribution in [3.05, 3.63) is 52.4 Å². The summed E-state index contributed by atoms with van der Waals surface area (Å²) in [6, 6.07) is 7.53. The molecule has 5 nitrogen and oxygen atoms in total. The van der Waals surface area contributed by atoms with Crippen LogP contribution in [0.4, 0.5) is 5.82 Å². The summed E-state index contributed by atoms with van der Waals surface area (Å²) in [4.78, 5) is 24.2. The average molecular weight is 337 g/mol. The largest absolute Gasteiger partial charge is 0.344 e. The summed E-state index contributed by atoms with van der Waals surface area (Å²) in [5.74, 6) is 0.690. The number of carbonyl (C=O) groups excluding carboxylic acids is 1. The van der Waals surface area contributed by atoms with Crippen LogP contribution in [0.1, 0.15) is 5.56 Å². The van der Waals surface area contributed by atoms with E-state index in [1.54, 1.807) is 6.20 Å². The van der Waals surface area contributed by atoms with Crippen LogP contribution in [0.15, 0.2) is 36.7 Å². The highest BCUT2D eigenvalue weighted by Crippen LogP contribution is 2.17. The lowest BCUT2D eigenvalue weighted by Crippen LogP contribution is -2.50. The number of aromatic nitrogens is 2. The summed E-state index contributed by atoms with van der Waals surface area (Å²) in [7, 11) is 0. The highest BCUT2D eigenvalue weighted by atomic mass is 35.5. The van der Waals surface area contributed by atoms with Crippen molar-refractivity contribution in [3.8, 4) is 0 Å². The average Bonchev–Trinajstić information content (AvgIpc) is 2.51. The van der Waals surface area contributed by atoms with Gasteiger partial charge in [0, 0.05) is 24.7 Å². The molecular formula is C15H14Cl2N4O. The van der Waals surface area contributed by atoms with Gasteiger partial charge in [0.15, 0.2) is 0 Å². The zero-order valence-electron chi connectivity index (χ0n) is 11.7. The number of rotatable bonds is 3. The van der Waals surface area contributed by atoms with Crippen molar-refractivity contribution in [2.24, 2.45) is 0 Å². The molecule has 3 rings (SSSR count). The number of benzene rings is 1. The van der Waals surface area contributed by atoms with E-state index in [1.165, 1.54) is 6.20 Å². The maximum atomic E-state index is 12.3. The molecule has 0 saturated carbocycles. The molecule has 7 heteroatoms. The summed E-state index contributed by atoms with van der Waals surface area (Å²) < 4.78 is 0. The Bertz CT molecular complexity index is 677. The van der Waals surface area contributed by atoms with Gasteiger partial charge in [-0.1, -0.05) is 35.3 Å². The van der Waals surface area contributed by atoms with Crippen LogP contribution in [0.2, 0.25) is 10.2 Å². The molecule has 0 unspecified atom stereocenters. The van der Waals surface area contributed by atoms with Crippen molar-refractivity contribution >= 4 is 34.9 Å². The molecule has 1 saturated heterocycles. The van der Waals surface area contributed by atoms with Crippen LogP contribution in [0.5, 0.6) is 0 Å². The number of nitrogens with zero attached hydrogens (tertiary/aromatic N) is 4. The molecule has 0 radical (unpaired) electrons. The molecule has 1 aromatic carbocycles. The van der Waals surface area contributed by atoms with Crippen LogP contribution in [0, 0.1) is 0 Å². The number of anilines is 1. The van der Waals surface area contributed by atoms with E-state index in [1.807, 2.05) is 34.1 Å². The van der Waals surface area contributed by atoms with E-state index in [0.717, 1.165) is 5.56 Å². The predicted octanol–water partition coefficient (Wildman–Crippen LogP) is 2.63. The van der Waals surface area contributed by atoms with Crippen molar-refractivity contribution in [3.63, 3.8) is 0 Å². The fraction of sp³-hybridized carbons (Fsp3) is 0.267. The van der Waals surface area contributed by atoms with E-state index in [0.29, 0.717) is 35.6 Å². The van der Waals surface area contributed by atoms with E-state index in [9.17, 15) is 4.79 Å². The third-order valence-corrected chi connectivity index (χ3v) is 3.96.